The number of carbonyl (C=O) groups is 2. The minimum absolute atomic E-state index is 0.109. The maximum absolute atomic E-state index is 13.5. The van der Waals surface area contributed by atoms with E-state index in [9.17, 15) is 18.4 Å². The van der Waals surface area contributed by atoms with Crippen LogP contribution in [0.2, 0.25) is 0 Å². The molecule has 0 spiro atoms. The number of methoxy groups -OCH3 is 1. The molecule has 1 aliphatic carbocycles. The molecule has 1 saturated carbocycles. The fourth-order valence-corrected chi connectivity index (χ4v) is 4.09. The molecule has 0 aromatic heterocycles. The van der Waals surface area contributed by atoms with E-state index in [2.05, 4.69) is 10.5 Å². The third-order valence-electron chi connectivity index (χ3n) is 5.90. The normalized spacial score (nSPS) is 28.0. The van der Waals surface area contributed by atoms with E-state index in [1.807, 2.05) is 6.92 Å². The van der Waals surface area contributed by atoms with Crippen molar-refractivity contribution in [2.45, 2.75) is 57.8 Å². The van der Waals surface area contributed by atoms with Gasteiger partial charge in [-0.3, -0.25) is 9.59 Å². The van der Waals surface area contributed by atoms with Crippen LogP contribution in [0.25, 0.3) is 0 Å². The predicted octanol–water partition coefficient (Wildman–Crippen LogP) is 3.06. The third-order valence-corrected chi connectivity index (χ3v) is 5.90. The Morgan fingerprint density at radius 1 is 1.27 bits per heavy atom. The molecule has 1 fully saturated rings. The summed E-state index contributed by atoms with van der Waals surface area (Å²) in [6, 6.07) is 2.72. The van der Waals surface area contributed by atoms with Gasteiger partial charge in [0, 0.05) is 24.8 Å². The van der Waals surface area contributed by atoms with Crippen molar-refractivity contribution in [1.82, 2.24) is 5.32 Å². The van der Waals surface area contributed by atoms with Gasteiger partial charge in [-0.25, -0.2) is 8.78 Å². The first-order valence-electron chi connectivity index (χ1n) is 10.0. The molecular weight excluding hydrogens is 398 g/mol. The second kappa shape index (κ2) is 8.67. The molecule has 0 radical (unpaired) electrons. The van der Waals surface area contributed by atoms with E-state index in [1.54, 1.807) is 6.92 Å². The first-order chi connectivity index (χ1) is 14.3. The average Bonchev–Trinajstić information content (AvgIpc) is 3.33. The minimum Gasteiger partial charge on any atom is -0.466 e. The number of amides is 1. The van der Waals surface area contributed by atoms with Crippen LogP contribution in [-0.2, 0) is 23.9 Å². The quantitative estimate of drug-likeness (QED) is 0.680. The van der Waals surface area contributed by atoms with Gasteiger partial charge in [0.2, 0.25) is 0 Å². The van der Waals surface area contributed by atoms with E-state index in [1.165, 1.54) is 7.11 Å². The van der Waals surface area contributed by atoms with E-state index in [-0.39, 0.29) is 29.7 Å². The molecule has 1 N–H and O–H groups in total. The molecule has 3 atom stereocenters. The van der Waals surface area contributed by atoms with Crippen molar-refractivity contribution in [2.75, 3.05) is 13.7 Å². The lowest BCUT2D eigenvalue weighted by atomic mass is 9.83. The van der Waals surface area contributed by atoms with Gasteiger partial charge in [0.1, 0.15) is 11.6 Å². The molecule has 30 heavy (non-hydrogen) atoms. The maximum atomic E-state index is 13.5. The molecule has 1 aliphatic heterocycles. The molecule has 2 aliphatic rings. The highest BCUT2D eigenvalue weighted by Gasteiger charge is 2.51. The summed E-state index contributed by atoms with van der Waals surface area (Å²) < 4.78 is 37.6. The number of nitrogens with one attached hydrogen (secondary N) is 1. The number of oxime groups is 1. The van der Waals surface area contributed by atoms with Crippen molar-refractivity contribution < 1.29 is 32.7 Å². The zero-order valence-corrected chi connectivity index (χ0v) is 17.3. The third kappa shape index (κ3) is 4.16. The average molecular weight is 424 g/mol. The lowest BCUT2D eigenvalue weighted by molar-refractivity contribution is -0.209. The summed E-state index contributed by atoms with van der Waals surface area (Å²) in [5.74, 6) is -4.05. The Labute approximate surface area is 173 Å². The highest BCUT2D eigenvalue weighted by Crippen LogP contribution is 2.42. The van der Waals surface area contributed by atoms with Gasteiger partial charge in [-0.1, -0.05) is 12.1 Å². The van der Waals surface area contributed by atoms with E-state index >= 15 is 0 Å². The number of rotatable bonds is 7. The van der Waals surface area contributed by atoms with E-state index < -0.39 is 28.7 Å². The number of hydrogen-bond acceptors (Lipinski definition) is 6. The molecular formula is C21H26F2N2O5. The highest BCUT2D eigenvalue weighted by molar-refractivity contribution is 6.05. The van der Waals surface area contributed by atoms with E-state index in [0.717, 1.165) is 18.2 Å². The van der Waals surface area contributed by atoms with Gasteiger partial charge in [0.25, 0.3) is 5.91 Å². The Kier molecular flexibility index (Phi) is 6.40. The Hall–Kier alpha value is -2.55. The largest absolute Gasteiger partial charge is 0.466 e. The lowest BCUT2D eigenvalue weighted by Gasteiger charge is -2.27. The molecule has 1 heterocycles. The van der Waals surface area contributed by atoms with Crippen LogP contribution in [0.5, 0.6) is 0 Å². The Balaban J connectivity index is 1.68. The first-order valence-corrected chi connectivity index (χ1v) is 10.0. The molecule has 1 amide bonds. The van der Waals surface area contributed by atoms with Crippen LogP contribution in [-0.4, -0.2) is 43.1 Å². The van der Waals surface area contributed by atoms with Gasteiger partial charge >= 0.3 is 11.8 Å². The number of hydrogen-bond donors (Lipinski definition) is 1. The molecule has 3 rings (SSSR count). The zero-order valence-electron chi connectivity index (χ0n) is 17.3. The standard InChI is InChI=1S/C21H26F2N2O5/c1-4-20(19(27)29-5-2)7-6-16(11-20)24-18(26)21(28-3)12-17(25-30-21)13-8-14(22)10-15(23)9-13/h8-10,16H,4-7,11-12H2,1-3H3,(H,24,26)/t16-,20-,21?/m0/s1. The van der Waals surface area contributed by atoms with Crippen LogP contribution in [0.4, 0.5) is 8.78 Å². The fraction of sp³-hybridized carbons (Fsp3) is 0.571. The minimum atomic E-state index is -1.74. The molecule has 0 saturated heterocycles. The Morgan fingerprint density at radius 2 is 1.97 bits per heavy atom. The smallest absolute Gasteiger partial charge is 0.321 e. The van der Waals surface area contributed by atoms with Crippen LogP contribution in [0.1, 0.15) is 51.5 Å². The van der Waals surface area contributed by atoms with Crippen molar-refractivity contribution >= 4 is 17.6 Å². The van der Waals surface area contributed by atoms with Crippen molar-refractivity contribution in [1.29, 1.82) is 0 Å². The van der Waals surface area contributed by atoms with Crippen molar-refractivity contribution in [2.24, 2.45) is 10.6 Å². The molecule has 7 nitrogen and oxygen atoms in total. The van der Waals surface area contributed by atoms with Gasteiger partial charge < -0.3 is 19.6 Å². The number of ether oxygens (including phenoxy) is 2. The molecule has 1 aromatic carbocycles. The van der Waals surface area contributed by atoms with Crippen molar-refractivity contribution in [3.8, 4) is 0 Å². The summed E-state index contributed by atoms with van der Waals surface area (Å²) >= 11 is 0. The Morgan fingerprint density at radius 3 is 2.57 bits per heavy atom. The molecule has 1 aromatic rings. The van der Waals surface area contributed by atoms with Gasteiger partial charge in [0.15, 0.2) is 0 Å². The van der Waals surface area contributed by atoms with Crippen LogP contribution in [0.15, 0.2) is 23.4 Å². The summed E-state index contributed by atoms with van der Waals surface area (Å²) in [5, 5.41) is 6.70. The zero-order chi connectivity index (χ0) is 21.9. The van der Waals surface area contributed by atoms with E-state index in [4.69, 9.17) is 14.3 Å². The summed E-state index contributed by atoms with van der Waals surface area (Å²) in [4.78, 5) is 30.6. The molecule has 9 heteroatoms. The molecule has 164 valence electrons. The number of nitrogens with zero attached hydrogens (tertiary/aromatic N) is 1. The highest BCUT2D eigenvalue weighted by atomic mass is 19.1. The summed E-state index contributed by atoms with van der Waals surface area (Å²) in [6.45, 7) is 3.99. The first kappa shape index (κ1) is 22.1. The van der Waals surface area contributed by atoms with Crippen LogP contribution in [0, 0.1) is 17.0 Å². The second-order valence-electron chi connectivity index (χ2n) is 7.69. The van der Waals surface area contributed by atoms with Crippen LogP contribution < -0.4 is 5.32 Å². The molecule has 1 unspecified atom stereocenters. The van der Waals surface area contributed by atoms with Crippen molar-refractivity contribution in [3.05, 3.63) is 35.4 Å². The number of halogens is 2. The van der Waals surface area contributed by atoms with Gasteiger partial charge in [0.05, 0.1) is 24.2 Å². The fourth-order valence-electron chi connectivity index (χ4n) is 4.09. The molecule has 0 bridgehead atoms. The summed E-state index contributed by atoms with van der Waals surface area (Å²) in [6.07, 6.45) is 2.18. The number of carbonyl (C=O) groups excluding carboxylic acids is 2. The summed E-state index contributed by atoms with van der Waals surface area (Å²) in [7, 11) is 1.30. The van der Waals surface area contributed by atoms with Gasteiger partial charge in [-0.2, -0.15) is 0 Å². The van der Waals surface area contributed by atoms with Crippen LogP contribution >= 0.6 is 0 Å². The summed E-state index contributed by atoms with van der Waals surface area (Å²) in [5.41, 5.74) is -0.246. The van der Waals surface area contributed by atoms with Crippen LogP contribution in [0.3, 0.4) is 0 Å². The monoisotopic (exact) mass is 424 g/mol. The Bertz CT molecular complexity index is 842. The number of esters is 1. The maximum Gasteiger partial charge on any atom is 0.321 e. The van der Waals surface area contributed by atoms with Gasteiger partial charge in [-0.15, -0.1) is 0 Å². The topological polar surface area (TPSA) is 86.2 Å². The SMILES string of the molecule is CCOC(=O)[C@@]1(CC)CC[C@H](NC(=O)C2(OC)CC(c3cc(F)cc(F)c3)=NO2)C1. The second-order valence-corrected chi connectivity index (χ2v) is 7.69. The predicted molar refractivity (Wildman–Crippen MR) is 103 cm³/mol. The van der Waals surface area contributed by atoms with Gasteiger partial charge in [-0.05, 0) is 44.7 Å². The van der Waals surface area contributed by atoms with Crippen molar-refractivity contribution in [3.63, 3.8) is 0 Å². The number of benzene rings is 1. The lowest BCUT2D eigenvalue weighted by Crippen LogP contribution is -2.51. The van der Waals surface area contributed by atoms with E-state index in [0.29, 0.717) is 32.3 Å².